The lowest BCUT2D eigenvalue weighted by molar-refractivity contribution is 0.0936. The molecule has 7 heteroatoms. The van der Waals surface area contributed by atoms with Crippen LogP contribution in [0.3, 0.4) is 0 Å². The van der Waals surface area contributed by atoms with E-state index < -0.39 is 0 Å². The molecule has 1 atom stereocenters. The summed E-state index contributed by atoms with van der Waals surface area (Å²) >= 11 is 0. The van der Waals surface area contributed by atoms with E-state index in [0.29, 0.717) is 49.2 Å². The highest BCUT2D eigenvalue weighted by atomic mass is 16.5. The molecule has 1 amide bonds. The minimum absolute atomic E-state index is 0.139. The quantitative estimate of drug-likeness (QED) is 0.512. The number of likely N-dealkylation sites (N-methyl/N-ethyl adjacent to an activating group) is 1. The number of rotatable bonds is 11. The van der Waals surface area contributed by atoms with Crippen molar-refractivity contribution in [1.29, 1.82) is 0 Å². The van der Waals surface area contributed by atoms with Crippen LogP contribution in [0.1, 0.15) is 61.1 Å². The Bertz CT molecular complexity index is 992. The molecule has 7 nitrogen and oxygen atoms in total. The molecule has 35 heavy (non-hydrogen) atoms. The van der Waals surface area contributed by atoms with E-state index in [1.807, 2.05) is 20.8 Å². The average Bonchev–Trinajstić information content (AvgIpc) is 3.51. The smallest absolute Gasteiger partial charge is 0.251 e. The predicted octanol–water partition coefficient (Wildman–Crippen LogP) is 4.44. The summed E-state index contributed by atoms with van der Waals surface area (Å²) in [5.74, 6) is 1.47. The number of carbonyl (C=O) groups is 1. The molecule has 2 aromatic rings. The second-order valence-corrected chi connectivity index (χ2v) is 9.13. The lowest BCUT2D eigenvalue weighted by Crippen LogP contribution is -2.36. The van der Waals surface area contributed by atoms with Crippen molar-refractivity contribution in [2.75, 3.05) is 57.9 Å². The van der Waals surface area contributed by atoms with E-state index in [-0.39, 0.29) is 11.9 Å². The number of hydrogen-bond acceptors (Lipinski definition) is 6. The van der Waals surface area contributed by atoms with Gasteiger partial charge in [0.2, 0.25) is 5.75 Å². The number of likely N-dealkylation sites (tertiary alicyclic amines) is 1. The first-order valence-electron chi connectivity index (χ1n) is 13.0. The number of amides is 1. The number of anilines is 1. The Morgan fingerprint density at radius 2 is 1.60 bits per heavy atom. The third kappa shape index (κ3) is 5.67. The summed E-state index contributed by atoms with van der Waals surface area (Å²) in [6, 6.07) is 10.5. The molecular weight excluding hydrogens is 442 g/mol. The van der Waals surface area contributed by atoms with Gasteiger partial charge in [0.15, 0.2) is 11.5 Å². The van der Waals surface area contributed by atoms with Crippen LogP contribution < -0.4 is 24.4 Å². The molecule has 0 bridgehead atoms. The molecule has 4 rings (SSSR count). The molecule has 2 aliphatic rings. The number of hydrogen-bond donors (Lipinski definition) is 1. The van der Waals surface area contributed by atoms with Crippen molar-refractivity contribution >= 4 is 11.6 Å². The Morgan fingerprint density at radius 1 is 0.943 bits per heavy atom. The Morgan fingerprint density at radius 3 is 2.23 bits per heavy atom. The van der Waals surface area contributed by atoms with Crippen LogP contribution in [0.25, 0.3) is 0 Å². The van der Waals surface area contributed by atoms with Gasteiger partial charge in [0.1, 0.15) is 0 Å². The number of ether oxygens (including phenoxy) is 3. The van der Waals surface area contributed by atoms with E-state index in [0.717, 1.165) is 26.1 Å². The second-order valence-electron chi connectivity index (χ2n) is 9.13. The Balaban J connectivity index is 1.56. The molecule has 2 heterocycles. The van der Waals surface area contributed by atoms with Gasteiger partial charge in [-0.25, -0.2) is 0 Å². The van der Waals surface area contributed by atoms with Crippen molar-refractivity contribution in [1.82, 2.24) is 10.2 Å². The SMILES string of the molecule is CCOc1cc(C(=O)NC[C@H](c2ccc3c(c2)CCN3C)N2CCCC2)cc(OCC)c1OCC. The van der Waals surface area contributed by atoms with E-state index >= 15 is 0 Å². The van der Waals surface area contributed by atoms with Crippen molar-refractivity contribution < 1.29 is 19.0 Å². The minimum Gasteiger partial charge on any atom is -0.490 e. The highest BCUT2D eigenvalue weighted by molar-refractivity contribution is 5.95. The zero-order valence-electron chi connectivity index (χ0n) is 21.6. The van der Waals surface area contributed by atoms with Crippen LogP contribution in [0.15, 0.2) is 30.3 Å². The van der Waals surface area contributed by atoms with E-state index in [2.05, 4.69) is 40.4 Å². The van der Waals surface area contributed by atoms with Gasteiger partial charge in [-0.3, -0.25) is 9.69 Å². The van der Waals surface area contributed by atoms with Gasteiger partial charge in [-0.2, -0.15) is 0 Å². The highest BCUT2D eigenvalue weighted by Gasteiger charge is 2.27. The van der Waals surface area contributed by atoms with Gasteiger partial charge in [0.25, 0.3) is 5.91 Å². The number of nitrogens with one attached hydrogen (secondary N) is 1. The summed E-state index contributed by atoms with van der Waals surface area (Å²) in [5, 5.41) is 3.20. The molecule has 0 radical (unpaired) electrons. The maximum absolute atomic E-state index is 13.3. The predicted molar refractivity (Wildman–Crippen MR) is 139 cm³/mol. The topological polar surface area (TPSA) is 63.3 Å². The zero-order valence-corrected chi connectivity index (χ0v) is 21.6. The third-order valence-electron chi connectivity index (χ3n) is 6.82. The number of nitrogens with zero attached hydrogens (tertiary/aromatic N) is 2. The van der Waals surface area contributed by atoms with Gasteiger partial charge >= 0.3 is 0 Å². The summed E-state index contributed by atoms with van der Waals surface area (Å²) in [7, 11) is 2.15. The maximum Gasteiger partial charge on any atom is 0.251 e. The minimum atomic E-state index is -0.139. The monoisotopic (exact) mass is 481 g/mol. The molecular formula is C28H39N3O4. The summed E-state index contributed by atoms with van der Waals surface area (Å²) in [6.07, 6.45) is 3.48. The Kier molecular flexibility index (Phi) is 8.39. The first-order chi connectivity index (χ1) is 17.0. The van der Waals surface area contributed by atoms with Crippen molar-refractivity contribution in [3.8, 4) is 17.2 Å². The fourth-order valence-corrected chi connectivity index (χ4v) is 5.12. The molecule has 190 valence electrons. The Hall–Kier alpha value is -2.93. The maximum atomic E-state index is 13.3. The van der Waals surface area contributed by atoms with Gasteiger partial charge in [-0.05, 0) is 82.4 Å². The lowest BCUT2D eigenvalue weighted by atomic mass is 10.0. The van der Waals surface area contributed by atoms with Gasteiger partial charge in [0, 0.05) is 31.4 Å². The molecule has 1 N–H and O–H groups in total. The average molecular weight is 482 g/mol. The van der Waals surface area contributed by atoms with Crippen molar-refractivity contribution in [3.05, 3.63) is 47.0 Å². The molecule has 0 spiro atoms. The summed E-state index contributed by atoms with van der Waals surface area (Å²) in [6.45, 7) is 10.9. The van der Waals surface area contributed by atoms with Gasteiger partial charge in [-0.1, -0.05) is 12.1 Å². The summed E-state index contributed by atoms with van der Waals surface area (Å²) < 4.78 is 17.4. The molecule has 2 aromatic carbocycles. The molecule has 1 saturated heterocycles. The second kappa shape index (κ2) is 11.7. The first kappa shape index (κ1) is 25.2. The van der Waals surface area contributed by atoms with Gasteiger partial charge in [-0.15, -0.1) is 0 Å². The standard InChI is InChI=1S/C28H39N3O4/c1-5-33-25-17-22(18-26(34-6-2)27(25)35-7-3)28(32)29-19-24(31-13-8-9-14-31)20-10-11-23-21(16-20)12-15-30(23)4/h10-11,16-18,24H,5-9,12-15,19H2,1-4H3,(H,29,32)/t24-/m1/s1. The number of carbonyl (C=O) groups excluding carboxylic acids is 1. The van der Waals surface area contributed by atoms with E-state index in [1.54, 1.807) is 12.1 Å². The van der Waals surface area contributed by atoms with Crippen LogP contribution in [0, 0.1) is 0 Å². The van der Waals surface area contributed by atoms with Crippen LogP contribution in [-0.2, 0) is 6.42 Å². The van der Waals surface area contributed by atoms with E-state index in [9.17, 15) is 4.79 Å². The molecule has 0 aliphatic carbocycles. The lowest BCUT2D eigenvalue weighted by Gasteiger charge is -2.29. The van der Waals surface area contributed by atoms with Crippen molar-refractivity contribution in [3.63, 3.8) is 0 Å². The largest absolute Gasteiger partial charge is 0.490 e. The fourth-order valence-electron chi connectivity index (χ4n) is 5.12. The van der Waals surface area contributed by atoms with Crippen LogP contribution in [0.5, 0.6) is 17.2 Å². The highest BCUT2D eigenvalue weighted by Crippen LogP contribution is 2.39. The van der Waals surface area contributed by atoms with Crippen LogP contribution in [-0.4, -0.2) is 63.9 Å². The van der Waals surface area contributed by atoms with Crippen LogP contribution in [0.2, 0.25) is 0 Å². The fraction of sp³-hybridized carbons (Fsp3) is 0.536. The van der Waals surface area contributed by atoms with Crippen molar-refractivity contribution in [2.45, 2.75) is 46.1 Å². The molecule has 2 aliphatic heterocycles. The van der Waals surface area contributed by atoms with E-state index in [4.69, 9.17) is 14.2 Å². The van der Waals surface area contributed by atoms with Gasteiger partial charge in [0.05, 0.1) is 25.9 Å². The number of benzene rings is 2. The molecule has 0 unspecified atom stereocenters. The van der Waals surface area contributed by atoms with Gasteiger partial charge < -0.3 is 24.4 Å². The summed E-state index contributed by atoms with van der Waals surface area (Å²) in [4.78, 5) is 18.1. The number of fused-ring (bicyclic) bond motifs is 1. The Labute approximate surface area is 209 Å². The van der Waals surface area contributed by atoms with Crippen LogP contribution >= 0.6 is 0 Å². The zero-order chi connectivity index (χ0) is 24.8. The molecule has 1 fully saturated rings. The molecule has 0 saturated carbocycles. The third-order valence-corrected chi connectivity index (χ3v) is 6.82. The van der Waals surface area contributed by atoms with E-state index in [1.165, 1.54) is 29.7 Å². The van der Waals surface area contributed by atoms with Crippen molar-refractivity contribution in [2.24, 2.45) is 0 Å². The molecule has 0 aromatic heterocycles. The normalized spacial score (nSPS) is 16.2. The first-order valence-corrected chi connectivity index (χ1v) is 13.0. The summed E-state index contributed by atoms with van der Waals surface area (Å²) in [5.41, 5.74) is 4.50. The van der Waals surface area contributed by atoms with Crippen LogP contribution in [0.4, 0.5) is 5.69 Å².